The molecule has 0 saturated carbocycles. The van der Waals surface area contributed by atoms with Crippen LogP contribution < -0.4 is 11.1 Å². The average Bonchev–Trinajstić information content (AvgIpc) is 2.28. The molecule has 0 atom stereocenters. The summed E-state index contributed by atoms with van der Waals surface area (Å²) >= 11 is 0. The van der Waals surface area contributed by atoms with Gasteiger partial charge in [0, 0.05) is 12.6 Å². The molecular weight excluding hydrogens is 198 g/mol. The molecule has 0 aliphatic carbocycles. The first-order valence-electron chi connectivity index (χ1n) is 6.51. The molecule has 3 N–H and O–H groups in total. The lowest BCUT2D eigenvalue weighted by Crippen LogP contribution is -2.43. The molecule has 3 nitrogen and oxygen atoms in total. The summed E-state index contributed by atoms with van der Waals surface area (Å²) in [4.78, 5) is 2.54. The minimum atomic E-state index is 0.717. The minimum Gasteiger partial charge on any atom is -0.330 e. The van der Waals surface area contributed by atoms with E-state index >= 15 is 0 Å². The normalized spacial score (nSPS) is 18.7. The maximum Gasteiger partial charge on any atom is 0.0165 e. The lowest BCUT2D eigenvalue weighted by atomic mass is 10.0. The molecular formula is C13H27N3. The van der Waals surface area contributed by atoms with Crippen molar-refractivity contribution in [3.8, 4) is 0 Å². The van der Waals surface area contributed by atoms with Gasteiger partial charge in [0.25, 0.3) is 0 Å². The Morgan fingerprint density at radius 3 is 2.62 bits per heavy atom. The first kappa shape index (κ1) is 13.7. The van der Waals surface area contributed by atoms with E-state index in [1.54, 1.807) is 0 Å². The highest BCUT2D eigenvalue weighted by molar-refractivity contribution is 4.95. The van der Waals surface area contributed by atoms with Crippen LogP contribution >= 0.6 is 0 Å². The van der Waals surface area contributed by atoms with Crippen molar-refractivity contribution in [1.29, 1.82) is 0 Å². The van der Waals surface area contributed by atoms with Gasteiger partial charge in [-0.1, -0.05) is 11.6 Å². The number of nitrogens with one attached hydrogen (secondary N) is 1. The van der Waals surface area contributed by atoms with Crippen LogP contribution in [0.4, 0.5) is 0 Å². The predicted molar refractivity (Wildman–Crippen MR) is 70.6 cm³/mol. The maximum absolute atomic E-state index is 5.48. The monoisotopic (exact) mass is 225 g/mol. The molecule has 0 aromatic rings. The van der Waals surface area contributed by atoms with Crippen LogP contribution in [-0.4, -0.2) is 43.7 Å². The van der Waals surface area contributed by atoms with E-state index in [1.165, 1.54) is 31.5 Å². The zero-order valence-corrected chi connectivity index (χ0v) is 10.8. The SMILES string of the molecule is CC(C)=CCN1CCC(NCCCN)CC1. The van der Waals surface area contributed by atoms with Gasteiger partial charge in [-0.25, -0.2) is 0 Å². The third-order valence-electron chi connectivity index (χ3n) is 3.16. The average molecular weight is 225 g/mol. The van der Waals surface area contributed by atoms with Gasteiger partial charge in [-0.2, -0.15) is 0 Å². The lowest BCUT2D eigenvalue weighted by Gasteiger charge is -2.31. The molecule has 16 heavy (non-hydrogen) atoms. The van der Waals surface area contributed by atoms with Gasteiger partial charge < -0.3 is 11.1 Å². The van der Waals surface area contributed by atoms with Gasteiger partial charge >= 0.3 is 0 Å². The van der Waals surface area contributed by atoms with Crippen LogP contribution in [0.5, 0.6) is 0 Å². The van der Waals surface area contributed by atoms with Gasteiger partial charge in [0.15, 0.2) is 0 Å². The van der Waals surface area contributed by atoms with Crippen molar-refractivity contribution >= 4 is 0 Å². The fraction of sp³-hybridized carbons (Fsp3) is 0.846. The molecule has 0 aromatic carbocycles. The Hall–Kier alpha value is -0.380. The quantitative estimate of drug-likeness (QED) is 0.530. The van der Waals surface area contributed by atoms with Crippen molar-refractivity contribution in [3.63, 3.8) is 0 Å². The van der Waals surface area contributed by atoms with E-state index in [4.69, 9.17) is 5.73 Å². The lowest BCUT2D eigenvalue weighted by molar-refractivity contribution is 0.215. The van der Waals surface area contributed by atoms with Crippen LogP contribution in [0.1, 0.15) is 33.1 Å². The largest absolute Gasteiger partial charge is 0.330 e. The summed E-state index contributed by atoms with van der Waals surface area (Å²) < 4.78 is 0. The van der Waals surface area contributed by atoms with Crippen LogP contribution in [-0.2, 0) is 0 Å². The Kier molecular flexibility index (Phi) is 6.69. The highest BCUT2D eigenvalue weighted by Gasteiger charge is 2.17. The fourth-order valence-electron chi connectivity index (χ4n) is 2.04. The van der Waals surface area contributed by atoms with Crippen molar-refractivity contribution in [1.82, 2.24) is 10.2 Å². The van der Waals surface area contributed by atoms with E-state index < -0.39 is 0 Å². The number of allylic oxidation sites excluding steroid dienone is 1. The van der Waals surface area contributed by atoms with Gasteiger partial charge in [0.2, 0.25) is 0 Å². The van der Waals surface area contributed by atoms with Gasteiger partial charge in [-0.3, -0.25) is 4.90 Å². The molecule has 0 bridgehead atoms. The molecule has 1 aliphatic heterocycles. The summed E-state index contributed by atoms with van der Waals surface area (Å²) in [6, 6.07) is 0.717. The van der Waals surface area contributed by atoms with Crippen LogP contribution in [0, 0.1) is 0 Å². The summed E-state index contributed by atoms with van der Waals surface area (Å²) in [5.41, 5.74) is 6.90. The van der Waals surface area contributed by atoms with E-state index in [9.17, 15) is 0 Å². The first-order chi connectivity index (χ1) is 7.72. The zero-order chi connectivity index (χ0) is 11.8. The number of hydrogen-bond acceptors (Lipinski definition) is 3. The topological polar surface area (TPSA) is 41.3 Å². The zero-order valence-electron chi connectivity index (χ0n) is 10.8. The molecule has 0 unspecified atom stereocenters. The van der Waals surface area contributed by atoms with Gasteiger partial charge in [-0.15, -0.1) is 0 Å². The highest BCUT2D eigenvalue weighted by Crippen LogP contribution is 2.10. The molecule has 1 rings (SSSR count). The Labute approximate surface area is 100 Å². The smallest absolute Gasteiger partial charge is 0.0165 e. The molecule has 0 amide bonds. The molecule has 0 radical (unpaired) electrons. The summed E-state index contributed by atoms with van der Waals surface area (Å²) in [6.07, 6.45) is 5.97. The van der Waals surface area contributed by atoms with Crippen molar-refractivity contribution in [2.24, 2.45) is 5.73 Å². The second-order valence-electron chi connectivity index (χ2n) is 4.95. The van der Waals surface area contributed by atoms with Crippen molar-refractivity contribution in [2.75, 3.05) is 32.7 Å². The van der Waals surface area contributed by atoms with Gasteiger partial charge in [0.1, 0.15) is 0 Å². The van der Waals surface area contributed by atoms with Gasteiger partial charge in [-0.05, 0) is 59.3 Å². The Bertz CT molecular complexity index is 201. The number of nitrogens with two attached hydrogens (primary N) is 1. The summed E-state index contributed by atoms with van der Waals surface area (Å²) in [5, 5.41) is 3.59. The molecule has 0 spiro atoms. The van der Waals surface area contributed by atoms with E-state index in [0.717, 1.165) is 32.1 Å². The summed E-state index contributed by atoms with van der Waals surface area (Å²) in [5.74, 6) is 0. The number of hydrogen-bond donors (Lipinski definition) is 2. The van der Waals surface area contributed by atoms with E-state index in [-0.39, 0.29) is 0 Å². The van der Waals surface area contributed by atoms with Crippen molar-refractivity contribution in [2.45, 2.75) is 39.2 Å². The Morgan fingerprint density at radius 2 is 2.06 bits per heavy atom. The summed E-state index contributed by atoms with van der Waals surface area (Å²) in [6.45, 7) is 9.79. The minimum absolute atomic E-state index is 0.717. The Morgan fingerprint density at radius 1 is 1.38 bits per heavy atom. The third-order valence-corrected chi connectivity index (χ3v) is 3.16. The van der Waals surface area contributed by atoms with E-state index in [1.807, 2.05) is 0 Å². The van der Waals surface area contributed by atoms with Crippen molar-refractivity contribution in [3.05, 3.63) is 11.6 Å². The molecule has 1 saturated heterocycles. The molecule has 1 heterocycles. The molecule has 1 aliphatic rings. The second kappa shape index (κ2) is 7.82. The molecule has 1 fully saturated rings. The van der Waals surface area contributed by atoms with E-state index in [2.05, 4.69) is 30.1 Å². The number of likely N-dealkylation sites (tertiary alicyclic amines) is 1. The molecule has 94 valence electrons. The van der Waals surface area contributed by atoms with Crippen LogP contribution in [0.25, 0.3) is 0 Å². The molecule has 0 aromatic heterocycles. The maximum atomic E-state index is 5.48. The molecule has 3 heteroatoms. The number of nitrogens with zero attached hydrogens (tertiary/aromatic N) is 1. The van der Waals surface area contributed by atoms with E-state index in [0.29, 0.717) is 0 Å². The third kappa shape index (κ3) is 5.64. The van der Waals surface area contributed by atoms with Crippen LogP contribution in [0.2, 0.25) is 0 Å². The highest BCUT2D eigenvalue weighted by atomic mass is 15.1. The standard InChI is InChI=1S/C13H27N3/c1-12(2)4-9-16-10-5-13(6-11-16)15-8-3-7-14/h4,13,15H,3,5-11,14H2,1-2H3. The second-order valence-corrected chi connectivity index (χ2v) is 4.95. The first-order valence-corrected chi connectivity index (χ1v) is 6.51. The predicted octanol–water partition coefficient (Wildman–Crippen LogP) is 1.36. The van der Waals surface area contributed by atoms with Crippen molar-refractivity contribution < 1.29 is 0 Å². The van der Waals surface area contributed by atoms with Gasteiger partial charge in [0.05, 0.1) is 0 Å². The Balaban J connectivity index is 2.11. The number of rotatable bonds is 6. The summed E-state index contributed by atoms with van der Waals surface area (Å²) in [7, 11) is 0. The number of piperidine rings is 1. The van der Waals surface area contributed by atoms with Crippen LogP contribution in [0.15, 0.2) is 11.6 Å². The fourth-order valence-corrected chi connectivity index (χ4v) is 2.04. The van der Waals surface area contributed by atoms with Crippen LogP contribution in [0.3, 0.4) is 0 Å².